The van der Waals surface area contributed by atoms with Crippen molar-refractivity contribution < 1.29 is 29.4 Å². The molecule has 0 spiro atoms. The molecule has 4 atom stereocenters. The minimum Gasteiger partial charge on any atom is -0.480 e. The lowest BCUT2D eigenvalue weighted by Crippen LogP contribution is -2.56. The fourth-order valence-electron chi connectivity index (χ4n) is 1.75. The molecule has 0 saturated heterocycles. The summed E-state index contributed by atoms with van der Waals surface area (Å²) in [6.45, 7) is 2.53. The molecule has 25 heavy (non-hydrogen) atoms. The molecule has 10 nitrogen and oxygen atoms in total. The molecule has 0 aliphatic carbocycles. The first kappa shape index (κ1) is 23.1. The predicted molar refractivity (Wildman–Crippen MR) is 92.9 cm³/mol. The van der Waals surface area contributed by atoms with Crippen LogP contribution in [0.1, 0.15) is 20.3 Å². The molecule has 0 aliphatic heterocycles. The normalized spacial score (nSPS) is 15.4. The van der Waals surface area contributed by atoms with Crippen LogP contribution in [-0.2, 0) is 19.2 Å². The third kappa shape index (κ3) is 8.18. The van der Waals surface area contributed by atoms with E-state index < -0.39 is 55.0 Å². The molecule has 0 fully saturated rings. The summed E-state index contributed by atoms with van der Waals surface area (Å²) in [5.74, 6) is -3.58. The van der Waals surface area contributed by atoms with Gasteiger partial charge in [-0.25, -0.2) is 4.79 Å². The van der Waals surface area contributed by atoms with E-state index in [1.54, 1.807) is 6.92 Å². The molecule has 144 valence electrons. The van der Waals surface area contributed by atoms with Crippen LogP contribution in [0.5, 0.6) is 0 Å². The molecule has 0 radical (unpaired) electrons. The first-order chi connectivity index (χ1) is 11.7. The van der Waals surface area contributed by atoms with Gasteiger partial charge in [0, 0.05) is 5.75 Å². The highest BCUT2D eigenvalue weighted by Gasteiger charge is 2.28. The highest BCUT2D eigenvalue weighted by molar-refractivity contribution is 7.80. The monoisotopic (exact) mass is 378 g/mol. The Kier molecular flexibility index (Phi) is 10.8. The van der Waals surface area contributed by atoms with E-state index in [4.69, 9.17) is 15.9 Å². The lowest BCUT2D eigenvalue weighted by atomic mass is 9.98. The molecule has 0 bridgehead atoms. The number of carbonyl (C=O) groups excluding carboxylic acids is 3. The maximum Gasteiger partial charge on any atom is 0.327 e. The Hall–Kier alpha value is -1.85. The first-order valence-electron chi connectivity index (χ1n) is 7.75. The number of aliphatic hydroxyl groups is 1. The van der Waals surface area contributed by atoms with Crippen molar-refractivity contribution in [2.45, 2.75) is 38.4 Å². The summed E-state index contributed by atoms with van der Waals surface area (Å²) in [4.78, 5) is 46.5. The summed E-state index contributed by atoms with van der Waals surface area (Å²) < 4.78 is 0. The van der Waals surface area contributed by atoms with Crippen LogP contribution in [-0.4, -0.2) is 70.9 Å². The summed E-state index contributed by atoms with van der Waals surface area (Å²) in [6, 6.07) is -3.27. The van der Waals surface area contributed by atoms with Gasteiger partial charge < -0.3 is 31.9 Å². The van der Waals surface area contributed by atoms with Gasteiger partial charge in [0.25, 0.3) is 0 Å². The van der Waals surface area contributed by atoms with Gasteiger partial charge in [-0.3, -0.25) is 14.4 Å². The summed E-state index contributed by atoms with van der Waals surface area (Å²) >= 11 is 3.81. The quantitative estimate of drug-likeness (QED) is 0.194. The number of hydrogen-bond acceptors (Lipinski definition) is 7. The Morgan fingerprint density at radius 1 is 1.16 bits per heavy atom. The van der Waals surface area contributed by atoms with Gasteiger partial charge in [0.15, 0.2) is 0 Å². The number of aliphatic carboxylic acids is 1. The molecule has 7 N–H and O–H groups in total. The first-order valence-corrected chi connectivity index (χ1v) is 8.38. The minimum atomic E-state index is -1.24. The number of amides is 3. The van der Waals surface area contributed by atoms with Crippen molar-refractivity contribution >= 4 is 36.3 Å². The van der Waals surface area contributed by atoms with E-state index in [1.807, 2.05) is 6.92 Å². The highest BCUT2D eigenvalue weighted by atomic mass is 32.1. The number of thiol groups is 1. The fourth-order valence-corrected chi connectivity index (χ4v) is 2.00. The van der Waals surface area contributed by atoms with Gasteiger partial charge in [0.1, 0.15) is 18.1 Å². The maximum absolute atomic E-state index is 12.2. The number of nitrogens with one attached hydrogen (secondary N) is 3. The second kappa shape index (κ2) is 11.7. The molecule has 3 amide bonds. The average molecular weight is 378 g/mol. The van der Waals surface area contributed by atoms with Gasteiger partial charge in [-0.05, 0) is 5.92 Å². The number of carboxylic acids is 1. The van der Waals surface area contributed by atoms with Crippen LogP contribution in [0.2, 0.25) is 0 Å². The van der Waals surface area contributed by atoms with E-state index in [2.05, 4.69) is 28.6 Å². The molecule has 0 aromatic carbocycles. The molecule has 0 aromatic heterocycles. The topological polar surface area (TPSA) is 171 Å². The Morgan fingerprint density at radius 2 is 1.76 bits per heavy atom. The van der Waals surface area contributed by atoms with Gasteiger partial charge in [-0.2, -0.15) is 12.6 Å². The van der Waals surface area contributed by atoms with Gasteiger partial charge in [0.05, 0.1) is 13.2 Å². The molecule has 0 heterocycles. The largest absolute Gasteiger partial charge is 0.480 e. The number of nitrogens with two attached hydrogens (primary N) is 1. The molecular weight excluding hydrogens is 352 g/mol. The van der Waals surface area contributed by atoms with Crippen LogP contribution < -0.4 is 21.7 Å². The van der Waals surface area contributed by atoms with E-state index in [0.29, 0.717) is 6.42 Å². The number of rotatable bonds is 11. The van der Waals surface area contributed by atoms with Gasteiger partial charge in [-0.15, -0.1) is 0 Å². The molecule has 0 rings (SSSR count). The van der Waals surface area contributed by atoms with Crippen molar-refractivity contribution in [1.29, 1.82) is 0 Å². The molecule has 0 aromatic rings. The second-order valence-electron chi connectivity index (χ2n) is 5.52. The number of hydrogen-bond donors (Lipinski definition) is 7. The van der Waals surface area contributed by atoms with Crippen LogP contribution in [0.25, 0.3) is 0 Å². The standard InChI is InChI=1S/C14H26N4O6S/c1-3-7(2)11(18-12(21)8(15)5-19)13(22)16-4-10(20)17-9(6-25)14(23)24/h7-9,11,19,25H,3-6,15H2,1-2H3,(H,16,22)(H,17,20)(H,18,21)(H,23,24). The molecule has 0 saturated carbocycles. The average Bonchev–Trinajstić information content (AvgIpc) is 2.59. The lowest BCUT2D eigenvalue weighted by Gasteiger charge is -2.24. The lowest BCUT2D eigenvalue weighted by molar-refractivity contribution is -0.141. The predicted octanol–water partition coefficient (Wildman–Crippen LogP) is -2.55. The van der Waals surface area contributed by atoms with E-state index >= 15 is 0 Å². The zero-order chi connectivity index (χ0) is 19.6. The van der Waals surface area contributed by atoms with Crippen molar-refractivity contribution in [1.82, 2.24) is 16.0 Å². The molecule has 0 aliphatic rings. The van der Waals surface area contributed by atoms with Crippen LogP contribution in [0.15, 0.2) is 0 Å². The van der Waals surface area contributed by atoms with Crippen molar-refractivity contribution in [3.63, 3.8) is 0 Å². The summed E-state index contributed by atoms with van der Waals surface area (Å²) in [6.07, 6.45) is 0.569. The second-order valence-corrected chi connectivity index (χ2v) is 5.88. The fraction of sp³-hybridized carbons (Fsp3) is 0.714. The van der Waals surface area contributed by atoms with Gasteiger partial charge >= 0.3 is 5.97 Å². The maximum atomic E-state index is 12.2. The van der Waals surface area contributed by atoms with Crippen molar-refractivity contribution in [2.75, 3.05) is 18.9 Å². The zero-order valence-electron chi connectivity index (χ0n) is 14.2. The van der Waals surface area contributed by atoms with Crippen molar-refractivity contribution in [3.05, 3.63) is 0 Å². The Balaban J connectivity index is 4.74. The number of carbonyl (C=O) groups is 4. The summed E-state index contributed by atoms with van der Waals surface area (Å²) in [5, 5.41) is 24.7. The highest BCUT2D eigenvalue weighted by Crippen LogP contribution is 2.08. The summed E-state index contributed by atoms with van der Waals surface area (Å²) in [7, 11) is 0. The number of carboxylic acid groups (broad SMARTS) is 1. The molecule has 4 unspecified atom stereocenters. The van der Waals surface area contributed by atoms with Crippen LogP contribution in [0.3, 0.4) is 0 Å². The third-order valence-electron chi connectivity index (χ3n) is 3.57. The molecule has 11 heteroatoms. The smallest absolute Gasteiger partial charge is 0.327 e. The van der Waals surface area contributed by atoms with Gasteiger partial charge in [0.2, 0.25) is 17.7 Å². The number of aliphatic hydroxyl groups excluding tert-OH is 1. The van der Waals surface area contributed by atoms with Crippen LogP contribution >= 0.6 is 12.6 Å². The van der Waals surface area contributed by atoms with E-state index in [9.17, 15) is 19.2 Å². The third-order valence-corrected chi connectivity index (χ3v) is 3.93. The molecular formula is C14H26N4O6S. The van der Waals surface area contributed by atoms with Crippen LogP contribution in [0, 0.1) is 5.92 Å². The van der Waals surface area contributed by atoms with Gasteiger partial charge in [-0.1, -0.05) is 20.3 Å². The van der Waals surface area contributed by atoms with E-state index in [0.717, 1.165) is 0 Å². The zero-order valence-corrected chi connectivity index (χ0v) is 15.1. The Labute approximate surface area is 151 Å². The van der Waals surface area contributed by atoms with Crippen LogP contribution in [0.4, 0.5) is 0 Å². The Bertz CT molecular complexity index is 490. The van der Waals surface area contributed by atoms with E-state index in [1.165, 1.54) is 0 Å². The SMILES string of the molecule is CCC(C)C(NC(=O)C(N)CO)C(=O)NCC(=O)NC(CS)C(=O)O. The summed E-state index contributed by atoms with van der Waals surface area (Å²) in [5.41, 5.74) is 5.41. The Morgan fingerprint density at radius 3 is 2.20 bits per heavy atom. The van der Waals surface area contributed by atoms with E-state index in [-0.39, 0.29) is 11.7 Å². The van der Waals surface area contributed by atoms with Crippen molar-refractivity contribution in [2.24, 2.45) is 11.7 Å². The van der Waals surface area contributed by atoms with Crippen molar-refractivity contribution in [3.8, 4) is 0 Å². The minimum absolute atomic E-state index is 0.0976.